The third kappa shape index (κ3) is 5.11. The molecule has 3 rings (SSSR count). The lowest BCUT2D eigenvalue weighted by molar-refractivity contribution is 0.564. The molecule has 0 saturated heterocycles. The van der Waals surface area contributed by atoms with Gasteiger partial charge in [0.05, 0.1) is 5.69 Å². The predicted octanol–water partition coefficient (Wildman–Crippen LogP) is 8.43. The Balaban J connectivity index is 2.08. The minimum atomic E-state index is 0.470. The van der Waals surface area contributed by atoms with Crippen LogP contribution in [0.1, 0.15) is 75.4 Å². The Hall–Kier alpha value is -2.06. The van der Waals surface area contributed by atoms with Gasteiger partial charge < -0.3 is 0 Å². The second kappa shape index (κ2) is 9.63. The maximum absolute atomic E-state index is 4.76. The summed E-state index contributed by atoms with van der Waals surface area (Å²) < 4.78 is 0. The van der Waals surface area contributed by atoms with Crippen molar-refractivity contribution in [1.29, 1.82) is 0 Å². The van der Waals surface area contributed by atoms with Crippen LogP contribution in [-0.2, 0) is 0 Å². The number of hydrogen-bond donors (Lipinski definition) is 0. The highest BCUT2D eigenvalue weighted by molar-refractivity contribution is 8.03. The molecule has 2 aromatic rings. The van der Waals surface area contributed by atoms with Crippen LogP contribution in [0.25, 0.3) is 11.1 Å². The number of rotatable bonds is 7. The molecule has 0 amide bonds. The van der Waals surface area contributed by atoms with E-state index < -0.39 is 0 Å². The van der Waals surface area contributed by atoms with Gasteiger partial charge in [-0.1, -0.05) is 75.9 Å². The molecule has 1 nitrogen and oxygen atoms in total. The average molecular weight is 404 g/mol. The number of benzene rings is 1. The van der Waals surface area contributed by atoms with Crippen molar-refractivity contribution in [3.63, 3.8) is 0 Å². The summed E-state index contributed by atoms with van der Waals surface area (Å²) in [6.45, 7) is 15.6. The number of aromatic nitrogens is 1. The van der Waals surface area contributed by atoms with Crippen LogP contribution in [0.15, 0.2) is 64.9 Å². The zero-order valence-corrected chi connectivity index (χ0v) is 19.3. The molecule has 2 heteroatoms. The fraction of sp³-hybridized carbons (Fsp3) is 0.370. The molecular weight excluding hydrogens is 370 g/mol. The Bertz CT molecular complexity index is 951. The van der Waals surface area contributed by atoms with Crippen LogP contribution in [0, 0.1) is 12.8 Å². The summed E-state index contributed by atoms with van der Waals surface area (Å²) in [6.07, 6.45) is 8.33. The molecule has 1 aliphatic heterocycles. The van der Waals surface area contributed by atoms with E-state index in [2.05, 4.69) is 76.8 Å². The Kier molecular flexibility index (Phi) is 7.18. The van der Waals surface area contributed by atoms with Gasteiger partial charge in [-0.05, 0) is 72.4 Å². The minimum Gasteiger partial charge on any atom is -0.253 e. The van der Waals surface area contributed by atoms with Crippen LogP contribution in [0.2, 0.25) is 0 Å². The maximum atomic E-state index is 4.76. The monoisotopic (exact) mass is 403 g/mol. The summed E-state index contributed by atoms with van der Waals surface area (Å²) in [5.74, 6) is 1.03. The van der Waals surface area contributed by atoms with Crippen LogP contribution in [0.4, 0.5) is 0 Å². The maximum Gasteiger partial charge on any atom is 0.0705 e. The molecule has 2 heterocycles. The first-order chi connectivity index (χ1) is 13.9. The smallest absolute Gasteiger partial charge is 0.0705 e. The van der Waals surface area contributed by atoms with E-state index >= 15 is 0 Å². The number of pyridine rings is 1. The fourth-order valence-electron chi connectivity index (χ4n) is 4.05. The first-order valence-corrected chi connectivity index (χ1v) is 11.6. The number of fused-ring (bicyclic) bond motifs is 1. The molecule has 2 atom stereocenters. The summed E-state index contributed by atoms with van der Waals surface area (Å²) >= 11 is 1.88. The molecule has 0 N–H and O–H groups in total. The van der Waals surface area contributed by atoms with Crippen molar-refractivity contribution in [1.82, 2.24) is 4.98 Å². The normalized spacial score (nSPS) is 17.5. The van der Waals surface area contributed by atoms with Crippen LogP contribution < -0.4 is 0 Å². The minimum absolute atomic E-state index is 0.470. The number of allylic oxidation sites excluding steroid dienone is 5. The molecule has 2 unspecified atom stereocenters. The molecule has 0 spiro atoms. The first kappa shape index (κ1) is 21.6. The van der Waals surface area contributed by atoms with Gasteiger partial charge in [-0.25, -0.2) is 0 Å². The quantitative estimate of drug-likeness (QED) is 0.430. The Labute approximate surface area is 181 Å². The van der Waals surface area contributed by atoms with Crippen molar-refractivity contribution in [3.8, 4) is 0 Å². The second-order valence-electron chi connectivity index (χ2n) is 8.10. The van der Waals surface area contributed by atoms with Crippen LogP contribution in [-0.4, -0.2) is 4.98 Å². The predicted molar refractivity (Wildman–Crippen MR) is 129 cm³/mol. The van der Waals surface area contributed by atoms with Gasteiger partial charge in [0.2, 0.25) is 0 Å². The molecule has 29 heavy (non-hydrogen) atoms. The highest BCUT2D eigenvalue weighted by atomic mass is 32.2. The van der Waals surface area contributed by atoms with Crippen LogP contribution in [0.5, 0.6) is 0 Å². The van der Waals surface area contributed by atoms with E-state index in [1.165, 1.54) is 39.3 Å². The van der Waals surface area contributed by atoms with Crippen molar-refractivity contribution in [2.45, 2.75) is 64.7 Å². The molecule has 0 fully saturated rings. The van der Waals surface area contributed by atoms with Crippen molar-refractivity contribution in [3.05, 3.63) is 82.5 Å². The molecular formula is C27H33NS. The summed E-state index contributed by atoms with van der Waals surface area (Å²) in [5.41, 5.74) is 6.91. The molecule has 0 aliphatic carbocycles. The molecule has 1 aromatic heterocycles. The van der Waals surface area contributed by atoms with E-state index in [0.717, 1.165) is 23.4 Å². The standard InChI is InChI=1S/C27H33NS/c1-7-10-22(8-2)16-25(21(6)26-12-9-11-19(4)28-26)23-13-14-24-18(3)15-20(5)29-27(24)17-23/h9,11-18,22H,6-8,10H2,1-5H3/b25-16+. The summed E-state index contributed by atoms with van der Waals surface area (Å²) in [4.78, 5) is 7.50. The average Bonchev–Trinajstić information content (AvgIpc) is 2.70. The Morgan fingerprint density at radius 1 is 1.21 bits per heavy atom. The number of aryl methyl sites for hydroxylation is 1. The van der Waals surface area contributed by atoms with Gasteiger partial charge in [0.1, 0.15) is 0 Å². The van der Waals surface area contributed by atoms with Crippen molar-refractivity contribution in [2.24, 2.45) is 5.92 Å². The highest BCUT2D eigenvalue weighted by Crippen LogP contribution is 2.42. The SMILES string of the molecule is C=C(/C(=C\C(CC)CCC)c1ccc2c(c1)SC(C)=CC2C)c1cccc(C)n1. The van der Waals surface area contributed by atoms with E-state index in [-0.39, 0.29) is 0 Å². The first-order valence-electron chi connectivity index (χ1n) is 10.8. The zero-order chi connectivity index (χ0) is 21.0. The van der Waals surface area contributed by atoms with E-state index in [0.29, 0.717) is 11.8 Å². The van der Waals surface area contributed by atoms with E-state index in [4.69, 9.17) is 4.98 Å². The van der Waals surface area contributed by atoms with Crippen molar-refractivity contribution >= 4 is 22.9 Å². The molecule has 0 bridgehead atoms. The highest BCUT2D eigenvalue weighted by Gasteiger charge is 2.19. The molecule has 152 valence electrons. The van der Waals surface area contributed by atoms with Crippen LogP contribution >= 0.6 is 11.8 Å². The second-order valence-corrected chi connectivity index (χ2v) is 9.39. The summed E-state index contributed by atoms with van der Waals surface area (Å²) in [7, 11) is 0. The van der Waals surface area contributed by atoms with Crippen LogP contribution in [0.3, 0.4) is 0 Å². The molecule has 0 radical (unpaired) electrons. The molecule has 1 aromatic carbocycles. The van der Waals surface area contributed by atoms with Crippen molar-refractivity contribution in [2.75, 3.05) is 0 Å². The van der Waals surface area contributed by atoms with Gasteiger partial charge in [-0.15, -0.1) is 0 Å². The van der Waals surface area contributed by atoms with E-state index in [1.807, 2.05) is 24.8 Å². The van der Waals surface area contributed by atoms with Gasteiger partial charge in [-0.3, -0.25) is 4.98 Å². The van der Waals surface area contributed by atoms with Gasteiger partial charge in [0.15, 0.2) is 0 Å². The van der Waals surface area contributed by atoms with Gasteiger partial charge in [0.25, 0.3) is 0 Å². The lowest BCUT2D eigenvalue weighted by Gasteiger charge is -2.22. The number of hydrogen-bond acceptors (Lipinski definition) is 2. The van der Waals surface area contributed by atoms with Gasteiger partial charge >= 0.3 is 0 Å². The number of thioether (sulfide) groups is 1. The van der Waals surface area contributed by atoms with Crippen molar-refractivity contribution < 1.29 is 0 Å². The van der Waals surface area contributed by atoms with Gasteiger partial charge in [-0.2, -0.15) is 0 Å². The van der Waals surface area contributed by atoms with E-state index in [1.54, 1.807) is 0 Å². The summed E-state index contributed by atoms with van der Waals surface area (Å²) in [6, 6.07) is 13.1. The Morgan fingerprint density at radius 2 is 2.00 bits per heavy atom. The Morgan fingerprint density at radius 3 is 2.69 bits per heavy atom. The molecule has 0 saturated carbocycles. The topological polar surface area (TPSA) is 12.9 Å². The lowest BCUT2D eigenvalue weighted by Crippen LogP contribution is -2.02. The number of nitrogens with zero attached hydrogens (tertiary/aromatic N) is 1. The van der Waals surface area contributed by atoms with Gasteiger partial charge in [0, 0.05) is 22.1 Å². The lowest BCUT2D eigenvalue weighted by atomic mass is 9.88. The van der Waals surface area contributed by atoms with E-state index in [9.17, 15) is 0 Å². The third-order valence-electron chi connectivity index (χ3n) is 5.68. The third-order valence-corrected chi connectivity index (χ3v) is 6.71. The zero-order valence-electron chi connectivity index (χ0n) is 18.5. The molecule has 1 aliphatic rings. The summed E-state index contributed by atoms with van der Waals surface area (Å²) in [5, 5.41) is 0. The fourth-order valence-corrected chi connectivity index (χ4v) is 5.22. The largest absolute Gasteiger partial charge is 0.253 e.